The van der Waals surface area contributed by atoms with Crippen molar-refractivity contribution in [3.05, 3.63) is 62.3 Å². The van der Waals surface area contributed by atoms with Gasteiger partial charge in [0.25, 0.3) is 0 Å². The molecule has 0 saturated carbocycles. The van der Waals surface area contributed by atoms with E-state index in [0.717, 1.165) is 15.7 Å². The van der Waals surface area contributed by atoms with E-state index < -0.39 is 5.82 Å². The van der Waals surface area contributed by atoms with Crippen LogP contribution in [0.15, 0.2) is 34.8 Å². The Balaban J connectivity index is 2.19. The van der Waals surface area contributed by atoms with Gasteiger partial charge in [0.2, 0.25) is 0 Å². The van der Waals surface area contributed by atoms with Crippen molar-refractivity contribution in [2.75, 3.05) is 5.32 Å². The standard InChI is InChI=1S/C15H11BrClFN2/c1-9-2-13(16)15(6-14(9)17)20-8-11-3-10(7-19)4-12(18)5-11/h2-6,20H,8H2,1H3. The molecule has 1 N–H and O–H groups in total. The van der Waals surface area contributed by atoms with E-state index in [0.29, 0.717) is 22.7 Å². The summed E-state index contributed by atoms with van der Waals surface area (Å²) in [7, 11) is 0. The molecule has 0 atom stereocenters. The van der Waals surface area contributed by atoms with Gasteiger partial charge >= 0.3 is 0 Å². The van der Waals surface area contributed by atoms with Gasteiger partial charge in [0.1, 0.15) is 5.82 Å². The first-order valence-corrected chi connectivity index (χ1v) is 7.06. The largest absolute Gasteiger partial charge is 0.380 e. The number of rotatable bonds is 3. The van der Waals surface area contributed by atoms with Gasteiger partial charge in [0.15, 0.2) is 0 Å². The highest BCUT2D eigenvalue weighted by atomic mass is 79.9. The highest BCUT2D eigenvalue weighted by molar-refractivity contribution is 9.10. The number of hydrogen-bond donors (Lipinski definition) is 1. The zero-order valence-electron chi connectivity index (χ0n) is 10.7. The lowest BCUT2D eigenvalue weighted by Crippen LogP contribution is -2.01. The molecule has 0 unspecified atom stereocenters. The minimum atomic E-state index is -0.415. The number of nitriles is 1. The van der Waals surface area contributed by atoms with E-state index in [4.69, 9.17) is 16.9 Å². The number of nitrogens with zero attached hydrogens (tertiary/aromatic N) is 1. The van der Waals surface area contributed by atoms with Crippen LogP contribution in [0.3, 0.4) is 0 Å². The second-order valence-corrected chi connectivity index (χ2v) is 5.66. The molecular formula is C15H11BrClFN2. The van der Waals surface area contributed by atoms with Crippen LogP contribution in [0.5, 0.6) is 0 Å². The molecule has 0 aliphatic heterocycles. The van der Waals surface area contributed by atoms with E-state index in [9.17, 15) is 4.39 Å². The summed E-state index contributed by atoms with van der Waals surface area (Å²) in [6.07, 6.45) is 0. The first kappa shape index (κ1) is 14.8. The third kappa shape index (κ3) is 3.50. The fourth-order valence-corrected chi connectivity index (χ4v) is 2.56. The van der Waals surface area contributed by atoms with Crippen molar-refractivity contribution in [1.29, 1.82) is 5.26 Å². The van der Waals surface area contributed by atoms with Gasteiger partial charge in [-0.3, -0.25) is 0 Å². The zero-order valence-corrected chi connectivity index (χ0v) is 13.0. The second kappa shape index (κ2) is 6.25. The Kier molecular flexibility index (Phi) is 4.64. The van der Waals surface area contributed by atoms with Crippen LogP contribution >= 0.6 is 27.5 Å². The number of hydrogen-bond acceptors (Lipinski definition) is 2. The lowest BCUT2D eigenvalue weighted by molar-refractivity contribution is 0.625. The van der Waals surface area contributed by atoms with Crippen LogP contribution in [0.2, 0.25) is 5.02 Å². The van der Waals surface area contributed by atoms with E-state index in [1.165, 1.54) is 12.1 Å². The van der Waals surface area contributed by atoms with Crippen LogP contribution in [0, 0.1) is 24.1 Å². The molecular weight excluding hydrogens is 343 g/mol. The van der Waals surface area contributed by atoms with Gasteiger partial charge in [-0.1, -0.05) is 11.6 Å². The summed E-state index contributed by atoms with van der Waals surface area (Å²) in [6, 6.07) is 9.92. The van der Waals surface area contributed by atoms with Crippen molar-refractivity contribution >= 4 is 33.2 Å². The van der Waals surface area contributed by atoms with Crippen molar-refractivity contribution in [3.8, 4) is 6.07 Å². The Bertz CT molecular complexity index is 695. The van der Waals surface area contributed by atoms with Crippen molar-refractivity contribution < 1.29 is 4.39 Å². The van der Waals surface area contributed by atoms with E-state index >= 15 is 0 Å². The van der Waals surface area contributed by atoms with Crippen LogP contribution in [-0.2, 0) is 6.54 Å². The van der Waals surface area contributed by atoms with E-state index in [2.05, 4.69) is 21.2 Å². The minimum Gasteiger partial charge on any atom is -0.380 e. The fraction of sp³-hybridized carbons (Fsp3) is 0.133. The Morgan fingerprint density at radius 3 is 2.75 bits per heavy atom. The Morgan fingerprint density at radius 1 is 1.30 bits per heavy atom. The molecule has 20 heavy (non-hydrogen) atoms. The van der Waals surface area contributed by atoms with Crippen molar-refractivity contribution in [2.45, 2.75) is 13.5 Å². The van der Waals surface area contributed by atoms with E-state index in [1.54, 1.807) is 6.07 Å². The third-order valence-electron chi connectivity index (χ3n) is 2.82. The lowest BCUT2D eigenvalue weighted by Gasteiger charge is -2.11. The maximum Gasteiger partial charge on any atom is 0.124 e. The van der Waals surface area contributed by atoms with Crippen LogP contribution in [0.1, 0.15) is 16.7 Å². The summed E-state index contributed by atoms with van der Waals surface area (Å²) in [6.45, 7) is 2.33. The van der Waals surface area contributed by atoms with Crippen LogP contribution in [0.25, 0.3) is 0 Å². The maximum atomic E-state index is 13.3. The molecule has 2 aromatic rings. The van der Waals surface area contributed by atoms with Gasteiger partial charge < -0.3 is 5.32 Å². The highest BCUT2D eigenvalue weighted by Gasteiger charge is 2.05. The van der Waals surface area contributed by atoms with Crippen LogP contribution < -0.4 is 5.32 Å². The van der Waals surface area contributed by atoms with Crippen molar-refractivity contribution in [1.82, 2.24) is 0 Å². The number of halogens is 3. The molecule has 5 heteroatoms. The summed E-state index contributed by atoms with van der Waals surface area (Å²) in [4.78, 5) is 0. The molecule has 0 saturated heterocycles. The predicted octanol–water partition coefficient (Wildman–Crippen LogP) is 5.03. The number of benzene rings is 2. The molecule has 0 aromatic heterocycles. The number of anilines is 1. The second-order valence-electron chi connectivity index (χ2n) is 4.39. The van der Waals surface area contributed by atoms with Gasteiger partial charge in [0.05, 0.1) is 17.3 Å². The number of aryl methyl sites for hydroxylation is 1. The average Bonchev–Trinajstić information content (AvgIpc) is 2.40. The first-order valence-electron chi connectivity index (χ1n) is 5.88. The van der Waals surface area contributed by atoms with Crippen LogP contribution in [0.4, 0.5) is 10.1 Å². The lowest BCUT2D eigenvalue weighted by atomic mass is 10.1. The summed E-state index contributed by atoms with van der Waals surface area (Å²) < 4.78 is 14.2. The number of nitrogens with one attached hydrogen (secondary N) is 1. The summed E-state index contributed by atoms with van der Waals surface area (Å²) in [5.74, 6) is -0.415. The Morgan fingerprint density at radius 2 is 2.05 bits per heavy atom. The van der Waals surface area contributed by atoms with Gasteiger partial charge in [-0.15, -0.1) is 0 Å². The molecule has 0 radical (unpaired) electrons. The molecule has 102 valence electrons. The first-order chi connectivity index (χ1) is 9.49. The summed E-state index contributed by atoms with van der Waals surface area (Å²) in [5, 5.41) is 12.6. The molecule has 0 heterocycles. The van der Waals surface area contributed by atoms with Gasteiger partial charge in [-0.2, -0.15) is 5.26 Å². The van der Waals surface area contributed by atoms with Crippen molar-refractivity contribution in [2.24, 2.45) is 0 Å². The van der Waals surface area contributed by atoms with Crippen molar-refractivity contribution in [3.63, 3.8) is 0 Å². The smallest absolute Gasteiger partial charge is 0.124 e. The average molecular weight is 354 g/mol. The SMILES string of the molecule is Cc1cc(Br)c(NCc2cc(F)cc(C#N)c2)cc1Cl. The molecule has 0 amide bonds. The topological polar surface area (TPSA) is 35.8 Å². The quantitative estimate of drug-likeness (QED) is 0.839. The molecule has 0 bridgehead atoms. The zero-order chi connectivity index (χ0) is 14.7. The van der Waals surface area contributed by atoms with E-state index in [1.807, 2.05) is 25.1 Å². The summed E-state index contributed by atoms with van der Waals surface area (Å²) >= 11 is 9.53. The normalized spacial score (nSPS) is 10.2. The van der Waals surface area contributed by atoms with E-state index in [-0.39, 0.29) is 0 Å². The molecule has 0 aliphatic carbocycles. The summed E-state index contributed by atoms with van der Waals surface area (Å²) in [5.41, 5.74) is 2.80. The molecule has 0 spiro atoms. The molecule has 2 nitrogen and oxygen atoms in total. The highest BCUT2D eigenvalue weighted by Crippen LogP contribution is 2.29. The predicted molar refractivity (Wildman–Crippen MR) is 82.3 cm³/mol. The third-order valence-corrected chi connectivity index (χ3v) is 3.88. The molecule has 0 fully saturated rings. The molecule has 0 aliphatic rings. The Hall–Kier alpha value is -1.57. The van der Waals surface area contributed by atoms with Gasteiger partial charge in [-0.25, -0.2) is 4.39 Å². The van der Waals surface area contributed by atoms with Gasteiger partial charge in [0, 0.05) is 16.0 Å². The fourth-order valence-electron chi connectivity index (χ4n) is 1.80. The maximum absolute atomic E-state index is 13.3. The molecule has 2 aromatic carbocycles. The molecule has 2 rings (SSSR count). The van der Waals surface area contributed by atoms with Gasteiger partial charge in [-0.05, 0) is 64.3 Å². The minimum absolute atomic E-state index is 0.308. The monoisotopic (exact) mass is 352 g/mol. The van der Waals surface area contributed by atoms with Crippen LogP contribution in [-0.4, -0.2) is 0 Å². The Labute approximate surface area is 130 Å².